The highest BCUT2D eigenvalue weighted by Crippen LogP contribution is 2.11. The lowest BCUT2D eigenvalue weighted by Crippen LogP contribution is -3.12. The number of piperidine rings is 1. The summed E-state index contributed by atoms with van der Waals surface area (Å²) < 4.78 is 13.6. The molecule has 2 aromatic carbocycles. The number of carbonyl (C=O) groups is 1. The van der Waals surface area contributed by atoms with Crippen LogP contribution in [0.2, 0.25) is 5.02 Å². The molecule has 1 amide bonds. The minimum Gasteiger partial charge on any atom is -0.349 e. The largest absolute Gasteiger partial charge is 0.349 e. The van der Waals surface area contributed by atoms with E-state index in [0.717, 1.165) is 37.5 Å². The third-order valence-corrected chi connectivity index (χ3v) is 5.08. The number of nitrogens with one attached hydrogen (secondary N) is 2. The lowest BCUT2D eigenvalue weighted by Gasteiger charge is -2.29. The van der Waals surface area contributed by atoms with E-state index in [1.165, 1.54) is 16.5 Å². The van der Waals surface area contributed by atoms with Crippen LogP contribution in [0.25, 0.3) is 0 Å². The molecule has 2 N–H and O–H groups in total. The molecular weight excluding hydrogens is 339 g/mol. The van der Waals surface area contributed by atoms with Crippen molar-refractivity contribution in [2.24, 2.45) is 0 Å². The predicted molar refractivity (Wildman–Crippen MR) is 97.5 cm³/mol. The van der Waals surface area contributed by atoms with Crippen LogP contribution < -0.4 is 10.2 Å². The van der Waals surface area contributed by atoms with Crippen molar-refractivity contribution in [1.82, 2.24) is 5.32 Å². The van der Waals surface area contributed by atoms with Gasteiger partial charge in [0.2, 0.25) is 0 Å². The average molecular weight is 362 g/mol. The third-order valence-electron chi connectivity index (χ3n) is 4.83. The summed E-state index contributed by atoms with van der Waals surface area (Å²) in [5, 5.41) is 3.79. The summed E-state index contributed by atoms with van der Waals surface area (Å²) in [6.45, 7) is 4.68. The molecule has 1 heterocycles. The van der Waals surface area contributed by atoms with Gasteiger partial charge >= 0.3 is 0 Å². The van der Waals surface area contributed by atoms with Crippen LogP contribution in [0.15, 0.2) is 42.5 Å². The van der Waals surface area contributed by atoms with Gasteiger partial charge in [0, 0.05) is 35.0 Å². The maximum absolute atomic E-state index is 13.6. The Kier molecular flexibility index (Phi) is 5.71. The molecular formula is C20H23ClFN2O+. The molecule has 0 saturated carbocycles. The summed E-state index contributed by atoms with van der Waals surface area (Å²) in [5.74, 6) is -0.528. The average Bonchev–Trinajstić information content (AvgIpc) is 2.61. The van der Waals surface area contributed by atoms with Crippen LogP contribution in [0.4, 0.5) is 4.39 Å². The van der Waals surface area contributed by atoms with E-state index >= 15 is 0 Å². The Hall–Kier alpha value is -1.91. The maximum Gasteiger partial charge on any atom is 0.251 e. The smallest absolute Gasteiger partial charge is 0.251 e. The number of halogens is 2. The normalized spacial score (nSPS) is 20.3. The van der Waals surface area contributed by atoms with Crippen LogP contribution in [0.5, 0.6) is 0 Å². The van der Waals surface area contributed by atoms with E-state index in [0.29, 0.717) is 11.1 Å². The summed E-state index contributed by atoms with van der Waals surface area (Å²) in [6, 6.07) is 12.8. The molecule has 0 aromatic heterocycles. The highest BCUT2D eigenvalue weighted by atomic mass is 35.5. The van der Waals surface area contributed by atoms with Gasteiger partial charge in [-0.2, -0.15) is 0 Å². The Morgan fingerprint density at radius 3 is 2.52 bits per heavy atom. The number of carbonyl (C=O) groups excluding carboxylic acids is 1. The van der Waals surface area contributed by atoms with Gasteiger partial charge < -0.3 is 10.2 Å². The van der Waals surface area contributed by atoms with Gasteiger partial charge in [0.15, 0.2) is 0 Å². The quantitative estimate of drug-likeness (QED) is 0.862. The second kappa shape index (κ2) is 7.98. The third kappa shape index (κ3) is 4.80. The van der Waals surface area contributed by atoms with Crippen LogP contribution in [0, 0.1) is 12.7 Å². The minimum atomic E-state index is -0.338. The number of aryl methyl sites for hydroxylation is 1. The van der Waals surface area contributed by atoms with Crippen molar-refractivity contribution in [3.63, 3.8) is 0 Å². The minimum absolute atomic E-state index is 0.158. The maximum atomic E-state index is 13.6. The van der Waals surface area contributed by atoms with E-state index < -0.39 is 0 Å². The molecule has 3 rings (SSSR count). The van der Waals surface area contributed by atoms with E-state index in [1.54, 1.807) is 19.1 Å². The standard InChI is InChI=1S/C20H22ClFN2O/c1-14-2-5-16(12-19(14)22)20(25)23-18-8-10-24(11-9-18)13-15-3-6-17(21)7-4-15/h2-7,12,18H,8-11,13H2,1H3,(H,23,25)/p+1. The molecule has 0 radical (unpaired) electrons. The van der Waals surface area contributed by atoms with Crippen molar-refractivity contribution in [1.29, 1.82) is 0 Å². The van der Waals surface area contributed by atoms with E-state index in [-0.39, 0.29) is 17.8 Å². The lowest BCUT2D eigenvalue weighted by molar-refractivity contribution is -0.918. The van der Waals surface area contributed by atoms with Gasteiger partial charge in [-0.25, -0.2) is 4.39 Å². The Morgan fingerprint density at radius 1 is 1.20 bits per heavy atom. The van der Waals surface area contributed by atoms with Crippen molar-refractivity contribution >= 4 is 17.5 Å². The fourth-order valence-corrected chi connectivity index (χ4v) is 3.37. The van der Waals surface area contributed by atoms with E-state index in [4.69, 9.17) is 11.6 Å². The Bertz CT molecular complexity index is 740. The van der Waals surface area contributed by atoms with Crippen molar-refractivity contribution in [3.05, 3.63) is 70.0 Å². The molecule has 0 spiro atoms. The molecule has 1 aliphatic rings. The van der Waals surface area contributed by atoms with Crippen LogP contribution in [0.1, 0.15) is 34.3 Å². The monoisotopic (exact) mass is 361 g/mol. The summed E-state index contributed by atoms with van der Waals surface area (Å²) in [7, 11) is 0. The summed E-state index contributed by atoms with van der Waals surface area (Å²) in [5.41, 5.74) is 2.21. The van der Waals surface area contributed by atoms with Gasteiger partial charge in [0.25, 0.3) is 5.91 Å². The number of benzene rings is 2. The van der Waals surface area contributed by atoms with Crippen LogP contribution in [-0.4, -0.2) is 25.0 Å². The predicted octanol–water partition coefficient (Wildman–Crippen LogP) is 2.76. The zero-order valence-electron chi connectivity index (χ0n) is 14.3. The second-order valence-corrected chi connectivity index (χ2v) is 7.20. The number of hydrogen-bond donors (Lipinski definition) is 2. The number of likely N-dealkylation sites (tertiary alicyclic amines) is 1. The molecule has 1 saturated heterocycles. The molecule has 0 aliphatic carbocycles. The first-order chi connectivity index (χ1) is 12.0. The highest BCUT2D eigenvalue weighted by Gasteiger charge is 2.24. The Labute approximate surface area is 152 Å². The number of quaternary nitrogens is 1. The van der Waals surface area contributed by atoms with E-state index in [1.807, 2.05) is 12.1 Å². The summed E-state index contributed by atoms with van der Waals surface area (Å²) in [4.78, 5) is 13.8. The van der Waals surface area contributed by atoms with Gasteiger partial charge in [-0.1, -0.05) is 29.8 Å². The van der Waals surface area contributed by atoms with Crippen molar-refractivity contribution in [2.45, 2.75) is 32.4 Å². The van der Waals surface area contributed by atoms with E-state index in [2.05, 4.69) is 17.4 Å². The Morgan fingerprint density at radius 2 is 1.88 bits per heavy atom. The van der Waals surface area contributed by atoms with Gasteiger partial charge in [-0.3, -0.25) is 4.79 Å². The number of hydrogen-bond acceptors (Lipinski definition) is 1. The number of amides is 1. The first-order valence-electron chi connectivity index (χ1n) is 8.66. The lowest BCUT2D eigenvalue weighted by atomic mass is 10.0. The van der Waals surface area contributed by atoms with Crippen molar-refractivity contribution < 1.29 is 14.1 Å². The molecule has 0 atom stereocenters. The first kappa shape index (κ1) is 17.9. The van der Waals surface area contributed by atoms with Crippen LogP contribution in [0.3, 0.4) is 0 Å². The molecule has 5 heteroatoms. The highest BCUT2D eigenvalue weighted by molar-refractivity contribution is 6.30. The molecule has 132 valence electrons. The topological polar surface area (TPSA) is 33.5 Å². The van der Waals surface area contributed by atoms with Gasteiger partial charge in [0.1, 0.15) is 12.4 Å². The molecule has 1 aliphatic heterocycles. The SMILES string of the molecule is Cc1ccc(C(=O)NC2CC[NH+](Cc3ccc(Cl)cc3)CC2)cc1F. The molecule has 25 heavy (non-hydrogen) atoms. The first-order valence-corrected chi connectivity index (χ1v) is 9.04. The van der Waals surface area contributed by atoms with E-state index in [9.17, 15) is 9.18 Å². The van der Waals surface area contributed by atoms with Crippen molar-refractivity contribution in [3.8, 4) is 0 Å². The molecule has 3 nitrogen and oxygen atoms in total. The van der Waals surface area contributed by atoms with Crippen LogP contribution >= 0.6 is 11.6 Å². The summed E-state index contributed by atoms with van der Waals surface area (Å²) in [6.07, 6.45) is 1.87. The zero-order valence-corrected chi connectivity index (χ0v) is 15.1. The molecule has 1 fully saturated rings. The molecule has 0 bridgehead atoms. The second-order valence-electron chi connectivity index (χ2n) is 6.76. The summed E-state index contributed by atoms with van der Waals surface area (Å²) >= 11 is 5.92. The van der Waals surface area contributed by atoms with Gasteiger partial charge in [0.05, 0.1) is 13.1 Å². The van der Waals surface area contributed by atoms with Crippen molar-refractivity contribution in [2.75, 3.05) is 13.1 Å². The fraction of sp³-hybridized carbons (Fsp3) is 0.350. The zero-order chi connectivity index (χ0) is 17.8. The van der Waals surface area contributed by atoms with Gasteiger partial charge in [-0.15, -0.1) is 0 Å². The number of rotatable bonds is 4. The van der Waals surface area contributed by atoms with Gasteiger partial charge in [-0.05, 0) is 36.8 Å². The molecule has 2 aromatic rings. The Balaban J connectivity index is 1.49. The van der Waals surface area contributed by atoms with Crippen LogP contribution in [-0.2, 0) is 6.54 Å². The fourth-order valence-electron chi connectivity index (χ4n) is 3.24. The molecule has 0 unspecified atom stereocenters.